The van der Waals surface area contributed by atoms with E-state index in [0.717, 1.165) is 0 Å². The molecule has 0 N–H and O–H groups in total. The van der Waals surface area contributed by atoms with Gasteiger partial charge in [0.15, 0.2) is 0 Å². The summed E-state index contributed by atoms with van der Waals surface area (Å²) in [5.41, 5.74) is 0. The van der Waals surface area contributed by atoms with E-state index in [4.69, 9.17) is 0 Å². The van der Waals surface area contributed by atoms with Crippen LogP contribution in [0.2, 0.25) is 0 Å². The monoisotopic (exact) mass is 322 g/mol. The van der Waals surface area contributed by atoms with Crippen molar-refractivity contribution in [1.29, 1.82) is 0 Å². The van der Waals surface area contributed by atoms with Crippen LogP contribution in [0, 0.1) is 0 Å². The van der Waals surface area contributed by atoms with Crippen LogP contribution in [0.5, 0.6) is 0 Å². The van der Waals surface area contributed by atoms with E-state index in [-0.39, 0.29) is 92.2 Å². The van der Waals surface area contributed by atoms with Gasteiger partial charge in [-0.1, -0.05) is 0 Å². The molecule has 0 aliphatic carbocycles. The van der Waals surface area contributed by atoms with Gasteiger partial charge in [-0.3, -0.25) is 0 Å². The van der Waals surface area contributed by atoms with E-state index in [2.05, 4.69) is 0 Å². The third-order valence-corrected chi connectivity index (χ3v) is 0. The molecule has 0 nitrogen and oxygen atoms in total. The predicted molar refractivity (Wildman–Crippen MR) is 0 cm³/mol. The van der Waals surface area contributed by atoms with Crippen molar-refractivity contribution in [3.63, 3.8) is 0 Å². The minimum Gasteiger partial charge on any atom is 0 e. The van der Waals surface area contributed by atoms with Gasteiger partial charge < -0.3 is 0 Å². The molecule has 0 fully saturated rings. The molecule has 0 rings (SSSR count). The van der Waals surface area contributed by atoms with Crippen LogP contribution in [0.4, 0.5) is 0 Å². The van der Waals surface area contributed by atoms with Gasteiger partial charge in [-0.15, -0.1) is 0 Å². The summed E-state index contributed by atoms with van der Waals surface area (Å²) in [5, 5.41) is 0. The minimum absolute atomic E-state index is 0. The van der Waals surface area contributed by atoms with E-state index in [0.29, 0.717) is 0 Å². The van der Waals surface area contributed by atoms with Crippen molar-refractivity contribution in [3.8, 4) is 0 Å². The van der Waals surface area contributed by atoms with Crippen molar-refractivity contribution >= 4 is 0 Å². The van der Waals surface area contributed by atoms with E-state index in [1.54, 1.807) is 0 Å². The SMILES string of the molecule is [Ni].[Ni].[Ni].[Ni].[Zr]. The number of rotatable bonds is 0. The van der Waals surface area contributed by atoms with Crippen LogP contribution < -0.4 is 0 Å². The molecule has 0 saturated heterocycles. The largest absolute Gasteiger partial charge is 0 e. The molecule has 0 aromatic heterocycles. The van der Waals surface area contributed by atoms with Gasteiger partial charge in [0.25, 0.3) is 0 Å². The van der Waals surface area contributed by atoms with Gasteiger partial charge in [0.05, 0.1) is 0 Å². The van der Waals surface area contributed by atoms with Gasteiger partial charge in [0.1, 0.15) is 0 Å². The van der Waals surface area contributed by atoms with E-state index in [1.165, 1.54) is 0 Å². The maximum absolute atomic E-state index is 0. The summed E-state index contributed by atoms with van der Waals surface area (Å²) in [5.74, 6) is 0. The second kappa shape index (κ2) is 28.8. The van der Waals surface area contributed by atoms with Gasteiger partial charge in [0.2, 0.25) is 0 Å². The van der Waals surface area contributed by atoms with Crippen molar-refractivity contribution in [2.75, 3.05) is 0 Å². The van der Waals surface area contributed by atoms with Crippen LogP contribution >= 0.6 is 0 Å². The fourth-order valence-electron chi connectivity index (χ4n) is 0. The van der Waals surface area contributed by atoms with Crippen molar-refractivity contribution in [3.05, 3.63) is 0 Å². The topological polar surface area (TPSA) is 0 Å². The Morgan fingerprint density at radius 1 is 0.400 bits per heavy atom. The van der Waals surface area contributed by atoms with Crippen molar-refractivity contribution in [2.24, 2.45) is 0 Å². The number of hydrogen-bond acceptors (Lipinski definition) is 0. The zero-order valence-electron chi connectivity index (χ0n) is 1.76. The van der Waals surface area contributed by atoms with Gasteiger partial charge >= 0.3 is 0 Å². The first kappa shape index (κ1) is 45.3. The average Bonchev–Trinajstić information content (AvgIpc) is 0. The second-order valence-corrected chi connectivity index (χ2v) is 0. The molecule has 0 aromatic carbocycles. The van der Waals surface area contributed by atoms with Crippen molar-refractivity contribution in [1.82, 2.24) is 0 Å². The van der Waals surface area contributed by atoms with E-state index >= 15 is 0 Å². The van der Waals surface area contributed by atoms with E-state index in [1.807, 2.05) is 0 Å². The number of hydrogen-bond donors (Lipinski definition) is 0. The summed E-state index contributed by atoms with van der Waals surface area (Å²) >= 11 is 0. The van der Waals surface area contributed by atoms with E-state index in [9.17, 15) is 0 Å². The summed E-state index contributed by atoms with van der Waals surface area (Å²) in [6.45, 7) is 0. The zero-order valence-corrected chi connectivity index (χ0v) is 8.17. The first-order chi connectivity index (χ1) is 0. The van der Waals surface area contributed by atoms with Crippen molar-refractivity contribution in [2.45, 2.75) is 0 Å². The first-order valence-corrected chi connectivity index (χ1v) is 0. The zero-order chi connectivity index (χ0) is 0. The van der Waals surface area contributed by atoms with Gasteiger partial charge in [-0.25, -0.2) is 0 Å². The van der Waals surface area contributed by atoms with Crippen LogP contribution in [-0.2, 0) is 92.2 Å². The third-order valence-electron chi connectivity index (χ3n) is 0. The second-order valence-electron chi connectivity index (χ2n) is 0. The molecule has 0 heterocycles. The summed E-state index contributed by atoms with van der Waals surface area (Å²) in [4.78, 5) is 0. The fourth-order valence-corrected chi connectivity index (χ4v) is 0. The smallest absolute Gasteiger partial charge is 0 e. The minimum atomic E-state index is 0. The molecule has 0 spiro atoms. The Labute approximate surface area is 90.8 Å². The molecule has 0 saturated carbocycles. The molecule has 5 heavy (non-hydrogen) atoms. The average molecular weight is 326 g/mol. The van der Waals surface area contributed by atoms with Crippen LogP contribution in [-0.4, -0.2) is 0 Å². The summed E-state index contributed by atoms with van der Waals surface area (Å²) in [6.07, 6.45) is 0. The summed E-state index contributed by atoms with van der Waals surface area (Å²) < 4.78 is 0. The van der Waals surface area contributed by atoms with Gasteiger partial charge in [-0.2, -0.15) is 0 Å². The molecule has 0 bridgehead atoms. The third kappa shape index (κ3) is 19.8. The Hall–Kier alpha value is 2.86. The molecule has 0 atom stereocenters. The molecule has 0 amide bonds. The normalized spacial score (nSPS) is 0. The maximum atomic E-state index is 0. The molecule has 44 valence electrons. The Morgan fingerprint density at radius 2 is 0.400 bits per heavy atom. The maximum Gasteiger partial charge on any atom is 0 e. The first-order valence-electron chi connectivity index (χ1n) is 0. The van der Waals surface area contributed by atoms with Gasteiger partial charge in [-0.05, 0) is 0 Å². The molecular weight excluding hydrogens is 326 g/mol. The van der Waals surface area contributed by atoms with Crippen LogP contribution in [0.25, 0.3) is 0 Å². The Morgan fingerprint density at radius 3 is 0.400 bits per heavy atom. The van der Waals surface area contributed by atoms with Crippen LogP contribution in [0.1, 0.15) is 0 Å². The molecule has 0 unspecified atom stereocenters. The predicted octanol–water partition coefficient (Wildman–Crippen LogP) is -0.0125. The van der Waals surface area contributed by atoms with Gasteiger partial charge in [0, 0.05) is 92.2 Å². The van der Waals surface area contributed by atoms with Crippen LogP contribution in [0.3, 0.4) is 0 Å². The summed E-state index contributed by atoms with van der Waals surface area (Å²) in [7, 11) is 0. The standard InChI is InChI=1S/4Ni.Zr. The Kier molecular flexibility index (Phi) is 261. The molecular formula is Ni4Zr. The molecule has 0 aliphatic heterocycles. The van der Waals surface area contributed by atoms with E-state index < -0.39 is 0 Å². The molecule has 0 aliphatic rings. The fraction of sp³-hybridized carbons (Fsp3) is 0. The Bertz CT molecular complexity index is 3.61. The molecule has 0 radical (unpaired) electrons. The molecule has 0 aromatic rings. The Balaban J connectivity index is 0. The molecule has 5 heteroatoms. The van der Waals surface area contributed by atoms with Crippen LogP contribution in [0.15, 0.2) is 0 Å². The van der Waals surface area contributed by atoms with Crippen molar-refractivity contribution < 1.29 is 92.2 Å². The summed E-state index contributed by atoms with van der Waals surface area (Å²) in [6, 6.07) is 0. The quantitative estimate of drug-likeness (QED) is 0.550.